The molecule has 0 atom stereocenters. The fourth-order valence-electron chi connectivity index (χ4n) is 0.754. The van der Waals surface area contributed by atoms with Crippen LogP contribution in [0.15, 0.2) is 18.4 Å². The van der Waals surface area contributed by atoms with E-state index >= 15 is 0 Å². The molecule has 0 spiro atoms. The topological polar surface area (TPSA) is 52.9 Å². The highest BCUT2D eigenvalue weighted by Crippen LogP contribution is 2.34. The van der Waals surface area contributed by atoms with Crippen LogP contribution >= 0.6 is 0 Å². The van der Waals surface area contributed by atoms with Gasteiger partial charge in [-0.3, -0.25) is 4.79 Å². The van der Waals surface area contributed by atoms with Crippen LogP contribution in [0.2, 0.25) is 0 Å². The van der Waals surface area contributed by atoms with Gasteiger partial charge < -0.3 is 5.32 Å². The molecule has 3 nitrogen and oxygen atoms in total. The first-order valence-corrected chi connectivity index (χ1v) is 3.32. The van der Waals surface area contributed by atoms with Crippen molar-refractivity contribution in [1.82, 2.24) is 5.32 Å². The van der Waals surface area contributed by atoms with E-state index in [0.29, 0.717) is 0 Å². The van der Waals surface area contributed by atoms with E-state index in [4.69, 9.17) is 5.26 Å². The van der Waals surface area contributed by atoms with Crippen molar-refractivity contribution in [2.45, 2.75) is 18.4 Å². The average molecular weight is 148 g/mol. The summed E-state index contributed by atoms with van der Waals surface area (Å²) in [4.78, 5) is 10.8. The maximum atomic E-state index is 10.8. The van der Waals surface area contributed by atoms with Crippen molar-refractivity contribution < 1.29 is 4.79 Å². The van der Waals surface area contributed by atoms with Gasteiger partial charge in [0.25, 0.3) is 5.91 Å². The van der Waals surface area contributed by atoms with Crippen molar-refractivity contribution in [2.24, 2.45) is 0 Å². The Bertz CT molecular complexity index is 264. The van der Waals surface area contributed by atoms with Crippen LogP contribution in [-0.4, -0.2) is 11.4 Å². The minimum atomic E-state index is -0.579. The van der Waals surface area contributed by atoms with Crippen molar-refractivity contribution in [2.75, 3.05) is 0 Å². The van der Waals surface area contributed by atoms with Crippen molar-refractivity contribution in [3.05, 3.63) is 18.4 Å². The first kappa shape index (κ1) is 7.59. The highest BCUT2D eigenvalue weighted by Gasteiger charge is 2.44. The molecule has 0 aromatic carbocycles. The van der Waals surface area contributed by atoms with E-state index in [9.17, 15) is 4.79 Å². The van der Waals surface area contributed by atoms with Gasteiger partial charge in [0.1, 0.15) is 5.54 Å². The van der Waals surface area contributed by atoms with E-state index in [-0.39, 0.29) is 5.91 Å². The number of nitrogens with zero attached hydrogens (tertiary/aromatic N) is 1. The zero-order valence-electron chi connectivity index (χ0n) is 6.05. The van der Waals surface area contributed by atoms with Gasteiger partial charge in [0.15, 0.2) is 0 Å². The average Bonchev–Trinajstić information content (AvgIpc) is 2.70. The number of carbonyl (C=O) groups excluding carboxylic acids is 1. The van der Waals surface area contributed by atoms with Crippen LogP contribution in [-0.2, 0) is 4.79 Å². The molecule has 0 heterocycles. The van der Waals surface area contributed by atoms with Crippen molar-refractivity contribution in [3.8, 4) is 6.07 Å². The van der Waals surface area contributed by atoms with Crippen LogP contribution in [0.1, 0.15) is 12.8 Å². The molecule has 0 saturated heterocycles. The van der Waals surface area contributed by atoms with E-state index in [1.165, 1.54) is 6.08 Å². The number of amides is 1. The molecule has 3 heteroatoms. The van der Waals surface area contributed by atoms with Crippen molar-refractivity contribution in [1.29, 1.82) is 5.26 Å². The Labute approximate surface area is 65.0 Å². The SMILES string of the molecule is C=C=CC(=O)NC1(C#N)CC1. The maximum Gasteiger partial charge on any atom is 0.252 e. The lowest BCUT2D eigenvalue weighted by atomic mass is 10.3. The number of carbonyl (C=O) groups is 1. The Kier molecular flexibility index (Phi) is 1.80. The Balaban J connectivity index is 2.50. The summed E-state index contributed by atoms with van der Waals surface area (Å²) in [5, 5.41) is 11.1. The number of nitriles is 1. The van der Waals surface area contributed by atoms with Crippen LogP contribution in [0.25, 0.3) is 0 Å². The minimum absolute atomic E-state index is 0.293. The number of hydrogen-bond acceptors (Lipinski definition) is 2. The second kappa shape index (κ2) is 2.61. The summed E-state index contributed by atoms with van der Waals surface area (Å²) < 4.78 is 0. The molecule has 1 N–H and O–H groups in total. The Morgan fingerprint density at radius 2 is 2.36 bits per heavy atom. The van der Waals surface area contributed by atoms with E-state index in [1.54, 1.807) is 0 Å². The van der Waals surface area contributed by atoms with Gasteiger partial charge in [0.2, 0.25) is 0 Å². The molecular weight excluding hydrogens is 140 g/mol. The van der Waals surface area contributed by atoms with Crippen molar-refractivity contribution in [3.63, 3.8) is 0 Å². The normalized spacial score (nSPS) is 17.4. The van der Waals surface area contributed by atoms with Gasteiger partial charge in [0.05, 0.1) is 6.07 Å². The van der Waals surface area contributed by atoms with E-state index in [0.717, 1.165) is 12.8 Å². The van der Waals surface area contributed by atoms with Gasteiger partial charge >= 0.3 is 0 Å². The lowest BCUT2D eigenvalue weighted by molar-refractivity contribution is -0.117. The fourth-order valence-corrected chi connectivity index (χ4v) is 0.754. The minimum Gasteiger partial charge on any atom is -0.334 e. The molecule has 1 amide bonds. The van der Waals surface area contributed by atoms with Crippen molar-refractivity contribution >= 4 is 5.91 Å². The molecule has 0 aromatic heterocycles. The molecule has 1 rings (SSSR count). The monoisotopic (exact) mass is 148 g/mol. The van der Waals surface area contributed by atoms with Crippen LogP contribution in [0, 0.1) is 11.3 Å². The van der Waals surface area contributed by atoms with Gasteiger partial charge in [-0.25, -0.2) is 0 Å². The van der Waals surface area contributed by atoms with Gasteiger partial charge in [0, 0.05) is 6.08 Å². The molecule has 1 aliphatic rings. The largest absolute Gasteiger partial charge is 0.334 e. The molecule has 0 aromatic rings. The second-order valence-electron chi connectivity index (χ2n) is 2.53. The van der Waals surface area contributed by atoms with Crippen LogP contribution in [0.4, 0.5) is 0 Å². The summed E-state index contributed by atoms with van der Waals surface area (Å²) in [6.45, 7) is 3.25. The molecular formula is C8H8N2O. The molecule has 0 radical (unpaired) electrons. The fraction of sp³-hybridized carbons (Fsp3) is 0.375. The first-order chi connectivity index (χ1) is 5.22. The molecule has 0 aliphatic heterocycles. The van der Waals surface area contributed by atoms with E-state index in [2.05, 4.69) is 17.6 Å². The summed E-state index contributed by atoms with van der Waals surface area (Å²) in [6.07, 6.45) is 2.69. The molecule has 1 fully saturated rings. The third kappa shape index (κ3) is 1.70. The van der Waals surface area contributed by atoms with Gasteiger partial charge in [-0.1, -0.05) is 6.58 Å². The second-order valence-corrected chi connectivity index (χ2v) is 2.53. The summed E-state index contributed by atoms with van der Waals surface area (Å²) in [5.74, 6) is -0.293. The predicted molar refractivity (Wildman–Crippen MR) is 39.4 cm³/mol. The smallest absolute Gasteiger partial charge is 0.252 e. The number of hydrogen-bond donors (Lipinski definition) is 1. The summed E-state index contributed by atoms with van der Waals surface area (Å²) in [6, 6.07) is 2.04. The quantitative estimate of drug-likeness (QED) is 0.458. The molecule has 0 unspecified atom stereocenters. The highest BCUT2D eigenvalue weighted by molar-refractivity contribution is 5.88. The predicted octanol–water partition coefficient (Wildman–Crippen LogP) is 0.500. The van der Waals surface area contributed by atoms with Gasteiger partial charge in [-0.2, -0.15) is 5.26 Å². The Morgan fingerprint density at radius 1 is 1.73 bits per heavy atom. The first-order valence-electron chi connectivity index (χ1n) is 3.32. The van der Waals surface area contributed by atoms with Gasteiger partial charge in [-0.05, 0) is 12.8 Å². The molecule has 56 valence electrons. The zero-order chi connectivity index (χ0) is 8.32. The van der Waals surface area contributed by atoms with Crippen LogP contribution < -0.4 is 5.32 Å². The van der Waals surface area contributed by atoms with E-state index < -0.39 is 5.54 Å². The van der Waals surface area contributed by atoms with Crippen LogP contribution in [0.5, 0.6) is 0 Å². The number of rotatable bonds is 2. The lowest BCUT2D eigenvalue weighted by Crippen LogP contribution is -2.34. The van der Waals surface area contributed by atoms with E-state index in [1.807, 2.05) is 6.07 Å². The summed E-state index contributed by atoms with van der Waals surface area (Å²) in [5.41, 5.74) is 1.77. The number of nitrogens with one attached hydrogen (secondary N) is 1. The summed E-state index contributed by atoms with van der Waals surface area (Å²) >= 11 is 0. The standard InChI is InChI=1S/C8H8N2O/c1-2-3-7(11)10-8(6-9)4-5-8/h3H,1,4-5H2,(H,10,11). The van der Waals surface area contributed by atoms with Gasteiger partial charge in [-0.15, -0.1) is 5.73 Å². The Morgan fingerprint density at radius 3 is 2.73 bits per heavy atom. The molecule has 1 saturated carbocycles. The molecule has 0 bridgehead atoms. The third-order valence-electron chi connectivity index (χ3n) is 1.56. The third-order valence-corrected chi connectivity index (χ3v) is 1.56. The van der Waals surface area contributed by atoms with Crippen LogP contribution in [0.3, 0.4) is 0 Å². The highest BCUT2D eigenvalue weighted by atomic mass is 16.1. The Hall–Kier alpha value is -1.52. The maximum absolute atomic E-state index is 10.8. The molecule has 11 heavy (non-hydrogen) atoms. The lowest BCUT2D eigenvalue weighted by Gasteiger charge is -2.04. The zero-order valence-corrected chi connectivity index (χ0v) is 6.05. The molecule has 1 aliphatic carbocycles. The summed E-state index contributed by atoms with van der Waals surface area (Å²) in [7, 11) is 0.